The number of rotatable bonds is 4. The Morgan fingerprint density at radius 2 is 2.12 bits per heavy atom. The summed E-state index contributed by atoms with van der Waals surface area (Å²) < 4.78 is 4.82. The average Bonchev–Trinajstić information content (AvgIpc) is 2.21. The van der Waals surface area contributed by atoms with Crippen molar-refractivity contribution in [1.29, 1.82) is 0 Å². The Balaban J connectivity index is 3.43. The molecule has 1 aromatic rings. The Morgan fingerprint density at radius 1 is 1.50 bits per heavy atom. The number of aromatic hydroxyl groups is 2. The number of Topliss-reactive ketones (excluding diaryl/α,β-unsaturated/α-hetero) is 1. The fourth-order valence-corrected chi connectivity index (χ4v) is 1.45. The standard InChI is InChI=1S/C11H12O5/c1-6(13)3-7-4-9(14)10(15)11(16-2)8(7)5-12/h4-5,14-15H,3H2,1-2H3. The van der Waals surface area contributed by atoms with E-state index >= 15 is 0 Å². The van der Waals surface area contributed by atoms with Gasteiger partial charge in [-0.3, -0.25) is 9.59 Å². The van der Waals surface area contributed by atoms with Gasteiger partial charge in [-0.05, 0) is 18.6 Å². The molecular weight excluding hydrogens is 212 g/mol. The minimum Gasteiger partial charge on any atom is -0.504 e. The number of phenols is 2. The summed E-state index contributed by atoms with van der Waals surface area (Å²) in [5, 5.41) is 18.8. The van der Waals surface area contributed by atoms with Crippen LogP contribution in [0.4, 0.5) is 0 Å². The second-order valence-corrected chi connectivity index (χ2v) is 3.35. The van der Waals surface area contributed by atoms with Crippen LogP contribution in [0.25, 0.3) is 0 Å². The largest absolute Gasteiger partial charge is 0.504 e. The number of carbonyl (C=O) groups is 2. The first kappa shape index (κ1) is 12.0. The van der Waals surface area contributed by atoms with Gasteiger partial charge in [-0.2, -0.15) is 0 Å². The summed E-state index contributed by atoms with van der Waals surface area (Å²) in [6.45, 7) is 1.37. The van der Waals surface area contributed by atoms with Crippen molar-refractivity contribution in [2.24, 2.45) is 0 Å². The Hall–Kier alpha value is -2.04. The first-order chi connectivity index (χ1) is 7.51. The quantitative estimate of drug-likeness (QED) is 0.590. The van der Waals surface area contributed by atoms with Crippen LogP contribution in [-0.4, -0.2) is 29.4 Å². The van der Waals surface area contributed by atoms with Crippen LogP contribution in [0, 0.1) is 0 Å². The Morgan fingerprint density at radius 3 is 2.56 bits per heavy atom. The van der Waals surface area contributed by atoms with Gasteiger partial charge >= 0.3 is 0 Å². The van der Waals surface area contributed by atoms with Gasteiger partial charge in [0.1, 0.15) is 5.78 Å². The third-order valence-electron chi connectivity index (χ3n) is 2.12. The van der Waals surface area contributed by atoms with Gasteiger partial charge in [0.15, 0.2) is 17.8 Å². The van der Waals surface area contributed by atoms with Crippen molar-refractivity contribution in [2.45, 2.75) is 13.3 Å². The number of phenolic OH excluding ortho intramolecular Hbond substituents is 2. The van der Waals surface area contributed by atoms with Crippen LogP contribution in [-0.2, 0) is 11.2 Å². The summed E-state index contributed by atoms with van der Waals surface area (Å²) in [6, 6.07) is 1.18. The first-order valence-corrected chi connectivity index (χ1v) is 4.57. The number of hydrogen-bond donors (Lipinski definition) is 2. The number of ketones is 1. The van der Waals surface area contributed by atoms with Gasteiger partial charge in [-0.25, -0.2) is 0 Å². The molecule has 0 aliphatic rings. The lowest BCUT2D eigenvalue weighted by Crippen LogP contribution is -2.03. The lowest BCUT2D eigenvalue weighted by atomic mass is 10.0. The second-order valence-electron chi connectivity index (χ2n) is 3.35. The molecule has 5 heteroatoms. The molecule has 0 aliphatic carbocycles. The molecule has 0 saturated heterocycles. The lowest BCUT2D eigenvalue weighted by molar-refractivity contribution is -0.116. The van der Waals surface area contributed by atoms with E-state index in [4.69, 9.17) is 4.74 Å². The molecule has 0 spiro atoms. The molecule has 5 nitrogen and oxygen atoms in total. The van der Waals surface area contributed by atoms with Crippen LogP contribution >= 0.6 is 0 Å². The molecule has 0 aromatic heterocycles. The summed E-state index contributed by atoms with van der Waals surface area (Å²) in [7, 11) is 1.26. The lowest BCUT2D eigenvalue weighted by Gasteiger charge is -2.11. The summed E-state index contributed by atoms with van der Waals surface area (Å²) in [6.07, 6.45) is 0.481. The maximum Gasteiger partial charge on any atom is 0.201 e. The number of aldehydes is 1. The summed E-state index contributed by atoms with van der Waals surface area (Å²) in [4.78, 5) is 21.8. The molecule has 86 valence electrons. The predicted octanol–water partition coefficient (Wildman–Crippen LogP) is 1.05. The fraction of sp³-hybridized carbons (Fsp3) is 0.273. The molecule has 1 rings (SSSR count). The Bertz CT molecular complexity index is 436. The molecule has 0 aliphatic heterocycles. The van der Waals surface area contributed by atoms with Crippen LogP contribution in [0.1, 0.15) is 22.8 Å². The third-order valence-corrected chi connectivity index (χ3v) is 2.12. The molecule has 0 amide bonds. The molecule has 1 aromatic carbocycles. The molecule has 16 heavy (non-hydrogen) atoms. The van der Waals surface area contributed by atoms with Crippen molar-refractivity contribution in [2.75, 3.05) is 7.11 Å². The summed E-state index contributed by atoms with van der Waals surface area (Å²) in [5.41, 5.74) is 0.405. The fourth-order valence-electron chi connectivity index (χ4n) is 1.45. The van der Waals surface area contributed by atoms with Crippen LogP contribution in [0.5, 0.6) is 17.2 Å². The highest BCUT2D eigenvalue weighted by Crippen LogP contribution is 2.39. The zero-order valence-corrected chi connectivity index (χ0v) is 8.98. The van der Waals surface area contributed by atoms with Gasteiger partial charge in [0, 0.05) is 6.42 Å². The molecule has 0 heterocycles. The number of benzene rings is 1. The molecule has 0 saturated carbocycles. The predicted molar refractivity (Wildman–Crippen MR) is 56.1 cm³/mol. The van der Waals surface area contributed by atoms with E-state index in [1.165, 1.54) is 20.1 Å². The van der Waals surface area contributed by atoms with Crippen molar-refractivity contribution in [1.82, 2.24) is 0 Å². The van der Waals surface area contributed by atoms with Gasteiger partial charge in [0.25, 0.3) is 0 Å². The van der Waals surface area contributed by atoms with E-state index < -0.39 is 11.5 Å². The number of ether oxygens (including phenoxy) is 1. The van der Waals surface area contributed by atoms with E-state index in [2.05, 4.69) is 0 Å². The highest BCUT2D eigenvalue weighted by atomic mass is 16.5. The highest BCUT2D eigenvalue weighted by molar-refractivity contribution is 5.88. The third kappa shape index (κ3) is 2.13. The number of methoxy groups -OCH3 is 1. The highest BCUT2D eigenvalue weighted by Gasteiger charge is 2.18. The first-order valence-electron chi connectivity index (χ1n) is 4.57. The van der Waals surface area contributed by atoms with E-state index in [-0.39, 0.29) is 23.5 Å². The topological polar surface area (TPSA) is 83.8 Å². The molecular formula is C11H12O5. The van der Waals surface area contributed by atoms with Gasteiger partial charge in [-0.1, -0.05) is 0 Å². The average molecular weight is 224 g/mol. The van der Waals surface area contributed by atoms with Gasteiger partial charge in [-0.15, -0.1) is 0 Å². The SMILES string of the molecule is COc1c(O)c(O)cc(CC(C)=O)c1C=O. The number of carbonyl (C=O) groups excluding carboxylic acids is 2. The molecule has 2 N–H and O–H groups in total. The van der Waals surface area contributed by atoms with E-state index in [1.54, 1.807) is 0 Å². The van der Waals surface area contributed by atoms with Crippen LogP contribution in [0.3, 0.4) is 0 Å². The van der Waals surface area contributed by atoms with Gasteiger partial charge in [0.2, 0.25) is 5.75 Å². The van der Waals surface area contributed by atoms with Crippen LogP contribution in [0.15, 0.2) is 6.07 Å². The zero-order chi connectivity index (χ0) is 12.3. The van der Waals surface area contributed by atoms with E-state index in [1.807, 2.05) is 0 Å². The van der Waals surface area contributed by atoms with Crippen molar-refractivity contribution in [3.63, 3.8) is 0 Å². The zero-order valence-electron chi connectivity index (χ0n) is 8.98. The molecule has 0 bridgehead atoms. The van der Waals surface area contributed by atoms with E-state index in [0.29, 0.717) is 11.8 Å². The molecule has 0 atom stereocenters. The normalized spacial score (nSPS) is 9.88. The molecule has 0 fully saturated rings. The minimum absolute atomic E-state index is 0.00171. The maximum atomic E-state index is 11.0. The molecule has 0 unspecified atom stereocenters. The van der Waals surface area contributed by atoms with E-state index in [0.717, 1.165) is 0 Å². The van der Waals surface area contributed by atoms with Crippen molar-refractivity contribution in [3.8, 4) is 17.2 Å². The Kier molecular flexibility index (Phi) is 3.50. The van der Waals surface area contributed by atoms with Crippen LogP contribution in [0.2, 0.25) is 0 Å². The van der Waals surface area contributed by atoms with Gasteiger partial charge in [0.05, 0.1) is 12.7 Å². The Labute approximate surface area is 92.3 Å². The monoisotopic (exact) mass is 224 g/mol. The smallest absolute Gasteiger partial charge is 0.201 e. The summed E-state index contributed by atoms with van der Waals surface area (Å²) in [5.74, 6) is -1.20. The summed E-state index contributed by atoms with van der Waals surface area (Å²) >= 11 is 0. The maximum absolute atomic E-state index is 11.0. The minimum atomic E-state index is -0.503. The van der Waals surface area contributed by atoms with Crippen molar-refractivity contribution >= 4 is 12.1 Å². The van der Waals surface area contributed by atoms with Crippen LogP contribution < -0.4 is 4.74 Å². The molecule has 0 radical (unpaired) electrons. The second kappa shape index (κ2) is 4.65. The van der Waals surface area contributed by atoms with Crippen molar-refractivity contribution < 1.29 is 24.5 Å². The van der Waals surface area contributed by atoms with Crippen molar-refractivity contribution in [3.05, 3.63) is 17.2 Å². The van der Waals surface area contributed by atoms with Gasteiger partial charge < -0.3 is 14.9 Å². The van der Waals surface area contributed by atoms with E-state index in [9.17, 15) is 19.8 Å². The number of hydrogen-bond acceptors (Lipinski definition) is 5.